The van der Waals surface area contributed by atoms with Crippen LogP contribution in [0, 0.1) is 5.82 Å². The van der Waals surface area contributed by atoms with Gasteiger partial charge in [0.2, 0.25) is 0 Å². The maximum Gasteiger partial charge on any atom is 0.492 e. The standard InChI is InChI=1S/C16H20BFO5/c1-15(2)16(3,4)23-17(22-15)11(9-19)7-10-5-6-13(18)12(8-10)14(20)21/h5-8,19H,9H2,1-4H3,(H,20,21). The van der Waals surface area contributed by atoms with E-state index in [9.17, 15) is 14.3 Å². The maximum atomic E-state index is 13.4. The Morgan fingerprint density at radius 2 is 1.83 bits per heavy atom. The van der Waals surface area contributed by atoms with Gasteiger partial charge in [0.1, 0.15) is 5.82 Å². The van der Waals surface area contributed by atoms with Gasteiger partial charge in [-0.25, -0.2) is 9.18 Å². The molecule has 1 aliphatic heterocycles. The highest BCUT2D eigenvalue weighted by Crippen LogP contribution is 2.38. The van der Waals surface area contributed by atoms with E-state index in [1.165, 1.54) is 12.1 Å². The van der Waals surface area contributed by atoms with Gasteiger partial charge in [-0.05, 0) is 50.9 Å². The van der Waals surface area contributed by atoms with Crippen LogP contribution in [0.15, 0.2) is 23.7 Å². The van der Waals surface area contributed by atoms with E-state index >= 15 is 0 Å². The average Bonchev–Trinajstić information content (AvgIpc) is 2.66. The predicted molar refractivity (Wildman–Crippen MR) is 84.5 cm³/mol. The van der Waals surface area contributed by atoms with Gasteiger partial charge in [0.25, 0.3) is 0 Å². The topological polar surface area (TPSA) is 76.0 Å². The number of rotatable bonds is 4. The molecule has 1 aromatic carbocycles. The molecule has 2 N–H and O–H groups in total. The van der Waals surface area contributed by atoms with Crippen molar-refractivity contribution >= 4 is 19.2 Å². The van der Waals surface area contributed by atoms with Crippen LogP contribution in [0.3, 0.4) is 0 Å². The molecule has 7 heteroatoms. The number of aromatic carboxylic acids is 1. The summed E-state index contributed by atoms with van der Waals surface area (Å²) in [5.74, 6) is -2.16. The molecule has 2 rings (SSSR count). The second-order valence-electron chi connectivity index (χ2n) is 6.51. The zero-order chi connectivity index (χ0) is 17.4. The van der Waals surface area contributed by atoms with Crippen LogP contribution in [0.4, 0.5) is 4.39 Å². The molecule has 1 heterocycles. The van der Waals surface area contributed by atoms with Crippen molar-refractivity contribution < 1.29 is 28.7 Å². The van der Waals surface area contributed by atoms with E-state index in [4.69, 9.17) is 14.4 Å². The lowest BCUT2D eigenvalue weighted by atomic mass is 9.77. The minimum atomic E-state index is -1.35. The van der Waals surface area contributed by atoms with Crippen molar-refractivity contribution in [1.29, 1.82) is 0 Å². The Balaban J connectivity index is 2.34. The van der Waals surface area contributed by atoms with Crippen molar-refractivity contribution in [3.63, 3.8) is 0 Å². The second kappa shape index (κ2) is 6.07. The van der Waals surface area contributed by atoms with Gasteiger partial charge >= 0.3 is 13.1 Å². The van der Waals surface area contributed by atoms with Crippen molar-refractivity contribution in [2.45, 2.75) is 38.9 Å². The summed E-state index contributed by atoms with van der Waals surface area (Å²) in [6, 6.07) is 3.72. The van der Waals surface area contributed by atoms with Gasteiger partial charge in [0.05, 0.1) is 23.4 Å². The highest BCUT2D eigenvalue weighted by molar-refractivity contribution is 6.55. The fraction of sp³-hybridized carbons (Fsp3) is 0.438. The Hall–Kier alpha value is -1.70. The number of carbonyl (C=O) groups is 1. The lowest BCUT2D eigenvalue weighted by Gasteiger charge is -2.32. The molecule has 1 saturated heterocycles. The van der Waals surface area contributed by atoms with Crippen LogP contribution in [0.5, 0.6) is 0 Å². The molecule has 1 fully saturated rings. The van der Waals surface area contributed by atoms with Crippen LogP contribution < -0.4 is 0 Å². The number of aliphatic hydroxyl groups is 1. The van der Waals surface area contributed by atoms with Gasteiger partial charge in [0.15, 0.2) is 0 Å². The van der Waals surface area contributed by atoms with Crippen LogP contribution in [-0.4, -0.2) is 41.1 Å². The first-order valence-electron chi connectivity index (χ1n) is 7.27. The Kier molecular flexibility index (Phi) is 4.66. The van der Waals surface area contributed by atoms with Crippen LogP contribution in [0.25, 0.3) is 6.08 Å². The third-order valence-electron chi connectivity index (χ3n) is 4.31. The van der Waals surface area contributed by atoms with E-state index in [0.717, 1.165) is 6.07 Å². The zero-order valence-electron chi connectivity index (χ0n) is 13.6. The summed E-state index contributed by atoms with van der Waals surface area (Å²) in [7, 11) is -0.747. The smallest absolute Gasteiger partial charge is 0.478 e. The van der Waals surface area contributed by atoms with Crippen molar-refractivity contribution in [1.82, 2.24) is 0 Å². The molecule has 0 saturated carbocycles. The largest absolute Gasteiger partial charge is 0.492 e. The second-order valence-corrected chi connectivity index (χ2v) is 6.51. The fourth-order valence-electron chi connectivity index (χ4n) is 2.19. The van der Waals surface area contributed by atoms with E-state index in [2.05, 4.69) is 0 Å². The summed E-state index contributed by atoms with van der Waals surface area (Å²) in [4.78, 5) is 11.0. The molecule has 1 aromatic rings. The summed E-state index contributed by atoms with van der Waals surface area (Å²) >= 11 is 0. The number of benzene rings is 1. The summed E-state index contributed by atoms with van der Waals surface area (Å²) in [6.07, 6.45) is 1.55. The number of hydrogen-bond acceptors (Lipinski definition) is 4. The number of aliphatic hydroxyl groups excluding tert-OH is 1. The molecule has 0 atom stereocenters. The van der Waals surface area contributed by atoms with E-state index in [-0.39, 0.29) is 6.61 Å². The Labute approximate surface area is 134 Å². The number of hydrogen-bond donors (Lipinski definition) is 2. The Morgan fingerprint density at radius 1 is 1.26 bits per heavy atom. The third kappa shape index (κ3) is 3.47. The molecule has 0 amide bonds. The lowest BCUT2D eigenvalue weighted by molar-refractivity contribution is 0.00578. The van der Waals surface area contributed by atoms with E-state index in [1.807, 2.05) is 27.7 Å². The van der Waals surface area contributed by atoms with Gasteiger partial charge in [0, 0.05) is 0 Å². The molecular weight excluding hydrogens is 302 g/mol. The van der Waals surface area contributed by atoms with Crippen molar-refractivity contribution in [2.24, 2.45) is 0 Å². The SMILES string of the molecule is CC1(C)OB(C(=Cc2ccc(F)c(C(=O)O)c2)CO)OC1(C)C. The summed E-state index contributed by atoms with van der Waals surface area (Å²) < 4.78 is 25.1. The van der Waals surface area contributed by atoms with Gasteiger partial charge in [-0.1, -0.05) is 12.1 Å². The molecule has 0 bridgehead atoms. The highest BCUT2D eigenvalue weighted by atomic mass is 19.1. The fourth-order valence-corrected chi connectivity index (χ4v) is 2.19. The summed E-state index contributed by atoms with van der Waals surface area (Å²) in [5, 5.41) is 18.6. The van der Waals surface area contributed by atoms with Crippen LogP contribution in [0.1, 0.15) is 43.6 Å². The normalized spacial score (nSPS) is 19.9. The van der Waals surface area contributed by atoms with Crippen LogP contribution in [0.2, 0.25) is 0 Å². The lowest BCUT2D eigenvalue weighted by Crippen LogP contribution is -2.41. The van der Waals surface area contributed by atoms with Gasteiger partial charge in [-0.3, -0.25) is 0 Å². The Morgan fingerprint density at radius 3 is 2.30 bits per heavy atom. The van der Waals surface area contributed by atoms with Crippen LogP contribution >= 0.6 is 0 Å². The molecular formula is C16H20BFO5. The minimum absolute atomic E-state index is 0.323. The molecule has 0 aliphatic carbocycles. The molecule has 124 valence electrons. The quantitative estimate of drug-likeness (QED) is 0.833. The van der Waals surface area contributed by atoms with Crippen molar-refractivity contribution in [2.75, 3.05) is 6.61 Å². The summed E-state index contributed by atoms with van der Waals surface area (Å²) in [5.41, 5.74) is -0.652. The molecule has 0 unspecified atom stereocenters. The molecule has 5 nitrogen and oxygen atoms in total. The molecule has 0 aromatic heterocycles. The minimum Gasteiger partial charge on any atom is -0.478 e. The van der Waals surface area contributed by atoms with Gasteiger partial charge < -0.3 is 19.5 Å². The van der Waals surface area contributed by atoms with Gasteiger partial charge in [-0.15, -0.1) is 0 Å². The summed E-state index contributed by atoms with van der Waals surface area (Å²) in [6.45, 7) is 7.24. The first kappa shape index (κ1) is 17.7. The first-order chi connectivity index (χ1) is 10.6. The van der Waals surface area contributed by atoms with E-state index in [1.54, 1.807) is 6.08 Å². The van der Waals surface area contributed by atoms with Crippen molar-refractivity contribution in [3.05, 3.63) is 40.6 Å². The Bertz CT molecular complexity index is 638. The number of carboxylic acids is 1. The van der Waals surface area contributed by atoms with Gasteiger partial charge in [-0.2, -0.15) is 0 Å². The van der Waals surface area contributed by atoms with E-state index in [0.29, 0.717) is 11.0 Å². The molecule has 0 radical (unpaired) electrons. The van der Waals surface area contributed by atoms with Crippen molar-refractivity contribution in [3.8, 4) is 0 Å². The van der Waals surface area contributed by atoms with Crippen LogP contribution in [-0.2, 0) is 9.31 Å². The first-order valence-corrected chi connectivity index (χ1v) is 7.27. The van der Waals surface area contributed by atoms with E-state index < -0.39 is 35.7 Å². The predicted octanol–water partition coefficient (Wildman–Crippen LogP) is 2.53. The third-order valence-corrected chi connectivity index (χ3v) is 4.31. The molecule has 0 spiro atoms. The highest BCUT2D eigenvalue weighted by Gasteiger charge is 2.52. The number of carboxylic acid groups (broad SMARTS) is 1. The molecule has 23 heavy (non-hydrogen) atoms. The average molecular weight is 322 g/mol. The molecule has 1 aliphatic rings. The zero-order valence-corrected chi connectivity index (χ0v) is 13.6. The number of halogens is 1. The monoisotopic (exact) mass is 322 g/mol. The maximum absolute atomic E-state index is 13.4.